The van der Waals surface area contributed by atoms with E-state index in [0.29, 0.717) is 4.47 Å². The van der Waals surface area contributed by atoms with Gasteiger partial charge in [0.05, 0.1) is 6.61 Å². The Balaban J connectivity index is 2.71. The van der Waals surface area contributed by atoms with E-state index in [1.807, 2.05) is 0 Å². The molecule has 110 valence electrons. The van der Waals surface area contributed by atoms with Gasteiger partial charge < -0.3 is 9.47 Å². The van der Waals surface area contributed by atoms with Gasteiger partial charge in [0.25, 0.3) is 0 Å². The van der Waals surface area contributed by atoms with Crippen molar-refractivity contribution in [3.63, 3.8) is 0 Å². The molecule has 0 fully saturated rings. The number of carbonyl (C=O) groups excluding carboxylic acids is 2. The minimum absolute atomic E-state index is 0.0487. The second kappa shape index (κ2) is 6.83. The van der Waals surface area contributed by atoms with Crippen LogP contribution in [0.2, 0.25) is 0 Å². The molecule has 0 amide bonds. The molecule has 0 heterocycles. The number of benzene rings is 1. The maximum Gasteiger partial charge on any atom is 0.319 e. The molecule has 0 atom stereocenters. The number of Topliss-reactive ketones (excluding diaryl/α,β-unsaturated/α-hetero) is 1. The summed E-state index contributed by atoms with van der Waals surface area (Å²) in [5.74, 6) is -1.72. The van der Waals surface area contributed by atoms with Gasteiger partial charge in [-0.2, -0.15) is 0 Å². The van der Waals surface area contributed by atoms with Crippen molar-refractivity contribution in [1.82, 2.24) is 0 Å². The molecule has 0 aliphatic carbocycles. The van der Waals surface area contributed by atoms with E-state index < -0.39 is 29.6 Å². The fourth-order valence-corrected chi connectivity index (χ4v) is 1.68. The summed E-state index contributed by atoms with van der Waals surface area (Å²) in [5, 5.41) is 0. The topological polar surface area (TPSA) is 52.6 Å². The summed E-state index contributed by atoms with van der Waals surface area (Å²) in [4.78, 5) is 23.6. The smallest absolute Gasteiger partial charge is 0.319 e. The zero-order valence-corrected chi connectivity index (χ0v) is 13.1. The third kappa shape index (κ3) is 4.03. The third-order valence-corrected chi connectivity index (χ3v) is 3.23. The maximum absolute atomic E-state index is 13.4. The first-order valence-electron chi connectivity index (χ1n) is 6.07. The molecule has 0 saturated carbocycles. The van der Waals surface area contributed by atoms with Crippen LogP contribution in [0, 0.1) is 11.2 Å². The van der Waals surface area contributed by atoms with Crippen molar-refractivity contribution in [1.29, 1.82) is 0 Å². The van der Waals surface area contributed by atoms with Crippen molar-refractivity contribution in [2.24, 2.45) is 5.41 Å². The summed E-state index contributed by atoms with van der Waals surface area (Å²) >= 11 is 3.18. The molecule has 0 radical (unpaired) electrons. The van der Waals surface area contributed by atoms with Crippen molar-refractivity contribution in [2.75, 3.05) is 13.2 Å². The van der Waals surface area contributed by atoms with Crippen LogP contribution in [-0.4, -0.2) is 25.0 Å². The molecule has 0 aliphatic heterocycles. The lowest BCUT2D eigenvalue weighted by Crippen LogP contribution is -2.38. The van der Waals surface area contributed by atoms with Crippen molar-refractivity contribution in [3.8, 4) is 5.75 Å². The van der Waals surface area contributed by atoms with Gasteiger partial charge in [0.1, 0.15) is 12.0 Å². The average Bonchev–Trinajstić information content (AvgIpc) is 2.39. The number of hydrogen-bond acceptors (Lipinski definition) is 4. The zero-order chi connectivity index (χ0) is 15.3. The molecule has 1 aromatic rings. The van der Waals surface area contributed by atoms with Crippen molar-refractivity contribution in [3.05, 3.63) is 28.5 Å². The quantitative estimate of drug-likeness (QED) is 0.586. The van der Waals surface area contributed by atoms with E-state index in [9.17, 15) is 14.0 Å². The Hall–Kier alpha value is -1.43. The second-order valence-electron chi connectivity index (χ2n) is 4.63. The molecule has 0 N–H and O–H groups in total. The lowest BCUT2D eigenvalue weighted by Gasteiger charge is -2.20. The SMILES string of the molecule is CCOC(=O)C(C)(C)C(=O)COc1cc(Br)ccc1F. The van der Waals surface area contributed by atoms with Gasteiger partial charge in [0.15, 0.2) is 17.3 Å². The van der Waals surface area contributed by atoms with Crippen LogP contribution in [-0.2, 0) is 14.3 Å². The fraction of sp³-hybridized carbons (Fsp3) is 0.429. The molecule has 0 unspecified atom stereocenters. The molecule has 0 bridgehead atoms. The lowest BCUT2D eigenvalue weighted by atomic mass is 9.88. The van der Waals surface area contributed by atoms with Gasteiger partial charge in [0.2, 0.25) is 0 Å². The molecular weight excluding hydrogens is 331 g/mol. The maximum atomic E-state index is 13.4. The number of ketones is 1. The van der Waals surface area contributed by atoms with Gasteiger partial charge in [0, 0.05) is 4.47 Å². The fourth-order valence-electron chi connectivity index (χ4n) is 1.34. The normalized spacial score (nSPS) is 11.1. The summed E-state index contributed by atoms with van der Waals surface area (Å²) in [5.41, 5.74) is -1.32. The molecule has 0 saturated heterocycles. The highest BCUT2D eigenvalue weighted by Gasteiger charge is 2.37. The van der Waals surface area contributed by atoms with E-state index in [4.69, 9.17) is 9.47 Å². The van der Waals surface area contributed by atoms with Crippen molar-refractivity contribution in [2.45, 2.75) is 20.8 Å². The van der Waals surface area contributed by atoms with Crippen LogP contribution in [0.4, 0.5) is 4.39 Å². The summed E-state index contributed by atoms with van der Waals surface area (Å²) in [7, 11) is 0. The van der Waals surface area contributed by atoms with Gasteiger partial charge in [-0.25, -0.2) is 4.39 Å². The molecule has 0 spiro atoms. The van der Waals surface area contributed by atoms with Crippen LogP contribution in [0.3, 0.4) is 0 Å². The first-order chi connectivity index (χ1) is 9.28. The second-order valence-corrected chi connectivity index (χ2v) is 5.55. The van der Waals surface area contributed by atoms with E-state index in [0.717, 1.165) is 0 Å². The zero-order valence-electron chi connectivity index (χ0n) is 11.5. The minimum Gasteiger partial charge on any atom is -0.483 e. The van der Waals surface area contributed by atoms with Crippen LogP contribution >= 0.6 is 15.9 Å². The highest BCUT2D eigenvalue weighted by atomic mass is 79.9. The Labute approximate surface area is 125 Å². The summed E-state index contributed by atoms with van der Waals surface area (Å²) in [6.45, 7) is 4.35. The van der Waals surface area contributed by atoms with Gasteiger partial charge in [-0.1, -0.05) is 15.9 Å². The Morgan fingerprint density at radius 2 is 2.00 bits per heavy atom. The first-order valence-corrected chi connectivity index (χ1v) is 6.86. The molecule has 1 rings (SSSR count). The third-order valence-electron chi connectivity index (χ3n) is 2.73. The van der Waals surface area contributed by atoms with Crippen LogP contribution in [0.15, 0.2) is 22.7 Å². The molecule has 1 aromatic carbocycles. The van der Waals surface area contributed by atoms with Gasteiger partial charge in [-0.05, 0) is 39.0 Å². The molecule has 0 aromatic heterocycles. The Morgan fingerprint density at radius 1 is 1.35 bits per heavy atom. The summed E-state index contributed by atoms with van der Waals surface area (Å²) < 4.78 is 24.0. The Kier molecular flexibility index (Phi) is 5.68. The molecule has 6 heteroatoms. The van der Waals surface area contributed by atoms with E-state index >= 15 is 0 Å². The Morgan fingerprint density at radius 3 is 2.60 bits per heavy atom. The predicted molar refractivity (Wildman–Crippen MR) is 75.0 cm³/mol. The van der Waals surface area contributed by atoms with E-state index in [1.165, 1.54) is 32.0 Å². The molecule has 0 aliphatic rings. The van der Waals surface area contributed by atoms with Crippen LogP contribution in [0.1, 0.15) is 20.8 Å². The van der Waals surface area contributed by atoms with E-state index in [-0.39, 0.29) is 12.4 Å². The number of hydrogen-bond donors (Lipinski definition) is 0. The molecule has 20 heavy (non-hydrogen) atoms. The predicted octanol–water partition coefficient (Wildman–Crippen LogP) is 3.13. The van der Waals surface area contributed by atoms with Gasteiger partial charge in [-0.15, -0.1) is 0 Å². The van der Waals surface area contributed by atoms with Crippen molar-refractivity contribution >= 4 is 27.7 Å². The standard InChI is InChI=1S/C14H16BrFO4/c1-4-19-13(18)14(2,3)12(17)8-20-11-7-9(15)5-6-10(11)16/h5-7H,4,8H2,1-3H3. The average molecular weight is 347 g/mol. The lowest BCUT2D eigenvalue weighted by molar-refractivity contribution is -0.158. The Bertz CT molecular complexity index is 514. The molecule has 4 nitrogen and oxygen atoms in total. The van der Waals surface area contributed by atoms with Gasteiger partial charge >= 0.3 is 5.97 Å². The monoisotopic (exact) mass is 346 g/mol. The molecular formula is C14H16BrFO4. The van der Waals surface area contributed by atoms with Crippen LogP contribution < -0.4 is 4.74 Å². The summed E-state index contributed by atoms with van der Waals surface area (Å²) in [6, 6.07) is 4.16. The number of halogens is 2. The number of rotatable bonds is 6. The van der Waals surface area contributed by atoms with Gasteiger partial charge in [-0.3, -0.25) is 9.59 Å². The first kappa shape index (κ1) is 16.6. The van der Waals surface area contributed by atoms with E-state index in [2.05, 4.69) is 15.9 Å². The highest BCUT2D eigenvalue weighted by molar-refractivity contribution is 9.10. The largest absolute Gasteiger partial charge is 0.483 e. The van der Waals surface area contributed by atoms with E-state index in [1.54, 1.807) is 6.92 Å². The number of ether oxygens (including phenoxy) is 2. The summed E-state index contributed by atoms with van der Waals surface area (Å²) in [6.07, 6.45) is 0. The highest BCUT2D eigenvalue weighted by Crippen LogP contribution is 2.24. The van der Waals surface area contributed by atoms with Crippen LogP contribution in [0.5, 0.6) is 5.75 Å². The number of esters is 1. The minimum atomic E-state index is -1.32. The number of carbonyl (C=O) groups is 2. The van der Waals surface area contributed by atoms with Crippen LogP contribution in [0.25, 0.3) is 0 Å². The van der Waals surface area contributed by atoms with Crippen molar-refractivity contribution < 1.29 is 23.5 Å².